The van der Waals surface area contributed by atoms with Gasteiger partial charge in [-0.05, 0) is 13.8 Å². The Morgan fingerprint density at radius 2 is 2.00 bits per heavy atom. The van der Waals surface area contributed by atoms with Crippen molar-refractivity contribution in [1.82, 2.24) is 10.9 Å². The van der Waals surface area contributed by atoms with E-state index in [1.807, 2.05) is 20.8 Å². The summed E-state index contributed by atoms with van der Waals surface area (Å²) >= 11 is 0. The largest absolute Gasteiger partial charge is 0.227 e. The van der Waals surface area contributed by atoms with Crippen LogP contribution in [-0.2, 0) is 0 Å². The fourth-order valence-corrected chi connectivity index (χ4v) is 0.365. The monoisotopic (exact) mass is 101 g/mol. The normalized spacial score (nSPS) is 11.1. The molecule has 0 aliphatic heterocycles. The molecule has 0 aromatic heterocycles. The summed E-state index contributed by atoms with van der Waals surface area (Å²) in [5.41, 5.74) is 0. The van der Waals surface area contributed by atoms with E-state index < -0.39 is 0 Å². The van der Waals surface area contributed by atoms with Crippen molar-refractivity contribution >= 4 is 0 Å². The van der Waals surface area contributed by atoms with E-state index in [1.165, 1.54) is 0 Å². The van der Waals surface area contributed by atoms with E-state index in [0.29, 0.717) is 6.04 Å². The highest BCUT2D eigenvalue weighted by Crippen LogP contribution is 1.87. The Bertz CT molecular complexity index is 43.3. The van der Waals surface area contributed by atoms with Gasteiger partial charge in [0, 0.05) is 12.6 Å². The van der Waals surface area contributed by atoms with E-state index >= 15 is 0 Å². The molecule has 0 unspecified atom stereocenters. The second-order valence-corrected chi connectivity index (χ2v) is 1.88. The fourth-order valence-electron chi connectivity index (χ4n) is 0.365. The van der Waals surface area contributed by atoms with Gasteiger partial charge in [0.2, 0.25) is 0 Å². The first-order chi connectivity index (χ1) is 3.18. The third kappa shape index (κ3) is 2.60. The van der Waals surface area contributed by atoms with Crippen molar-refractivity contribution in [3.8, 4) is 0 Å². The molecule has 0 aromatic rings. The van der Waals surface area contributed by atoms with Crippen molar-refractivity contribution in [1.29, 1.82) is 0 Å². The van der Waals surface area contributed by atoms with Gasteiger partial charge >= 0.3 is 0 Å². The molecular formula is C5H13N2. The minimum absolute atomic E-state index is 0.366. The third-order valence-electron chi connectivity index (χ3n) is 0.964. The minimum atomic E-state index is 0.366. The van der Waals surface area contributed by atoms with Crippen LogP contribution >= 0.6 is 0 Å². The highest BCUT2D eigenvalue weighted by molar-refractivity contribution is 4.47. The smallest absolute Gasteiger partial charge is 0.0200 e. The lowest BCUT2D eigenvalue weighted by Gasteiger charge is -2.15. The molecule has 0 saturated carbocycles. The molecule has 0 bridgehead atoms. The lowest BCUT2D eigenvalue weighted by molar-refractivity contribution is 0.225. The molecule has 0 fully saturated rings. The molecule has 1 N–H and O–H groups in total. The molecule has 0 aliphatic rings. The summed E-state index contributed by atoms with van der Waals surface area (Å²) in [4.78, 5) is 0. The maximum absolute atomic E-state index is 7.11. The van der Waals surface area contributed by atoms with Crippen LogP contribution < -0.4 is 5.84 Å². The quantitative estimate of drug-likeness (QED) is 0.475. The van der Waals surface area contributed by atoms with E-state index in [0.717, 1.165) is 6.54 Å². The minimum Gasteiger partial charge on any atom is -0.227 e. The zero-order valence-electron chi connectivity index (χ0n) is 5.23. The molecular weight excluding hydrogens is 88.1 g/mol. The van der Waals surface area contributed by atoms with Crippen molar-refractivity contribution in [2.75, 3.05) is 6.54 Å². The molecule has 0 spiro atoms. The van der Waals surface area contributed by atoms with Gasteiger partial charge in [0.15, 0.2) is 0 Å². The Hall–Kier alpha value is -0.0800. The van der Waals surface area contributed by atoms with Gasteiger partial charge < -0.3 is 0 Å². The van der Waals surface area contributed by atoms with Crippen molar-refractivity contribution in [2.45, 2.75) is 26.8 Å². The second-order valence-electron chi connectivity index (χ2n) is 1.88. The van der Waals surface area contributed by atoms with Gasteiger partial charge in [0.25, 0.3) is 0 Å². The summed E-state index contributed by atoms with van der Waals surface area (Å²) < 4.78 is 0. The lowest BCUT2D eigenvalue weighted by Crippen LogP contribution is -2.28. The Kier molecular flexibility index (Phi) is 2.96. The molecule has 7 heavy (non-hydrogen) atoms. The van der Waals surface area contributed by atoms with Gasteiger partial charge in [0.05, 0.1) is 0 Å². The van der Waals surface area contributed by atoms with Crippen LogP contribution in [0.15, 0.2) is 0 Å². The van der Waals surface area contributed by atoms with Crippen LogP contribution in [0.1, 0.15) is 20.8 Å². The average molecular weight is 101 g/mol. The van der Waals surface area contributed by atoms with Crippen LogP contribution in [-0.4, -0.2) is 17.6 Å². The van der Waals surface area contributed by atoms with Crippen LogP contribution in [0.3, 0.4) is 0 Å². The topological polar surface area (TPSA) is 27.0 Å². The van der Waals surface area contributed by atoms with Crippen molar-refractivity contribution in [3.63, 3.8) is 0 Å². The van der Waals surface area contributed by atoms with Crippen molar-refractivity contribution < 1.29 is 0 Å². The molecule has 0 rings (SSSR count). The Labute approximate surface area is 45.3 Å². The molecule has 43 valence electrons. The number of hydrogen-bond donors (Lipinski definition) is 0. The Morgan fingerprint density at radius 1 is 1.57 bits per heavy atom. The van der Waals surface area contributed by atoms with Gasteiger partial charge in [-0.15, -0.1) is 0 Å². The predicted molar refractivity (Wildman–Crippen MR) is 30.6 cm³/mol. The standard InChI is InChI=1S/C5H13N2/c1-4-7(6)5(2)3/h5-6H,4H2,1-3H3. The Balaban J connectivity index is 3.14. The summed E-state index contributed by atoms with van der Waals surface area (Å²) in [7, 11) is 0. The first kappa shape index (κ1) is 6.92. The zero-order chi connectivity index (χ0) is 5.86. The van der Waals surface area contributed by atoms with Crippen LogP contribution in [0.4, 0.5) is 0 Å². The van der Waals surface area contributed by atoms with Gasteiger partial charge in [-0.2, -0.15) is 5.84 Å². The first-order valence-electron chi connectivity index (χ1n) is 2.66. The number of hydrogen-bond acceptors (Lipinski definition) is 1. The molecule has 2 nitrogen and oxygen atoms in total. The van der Waals surface area contributed by atoms with E-state index in [-0.39, 0.29) is 0 Å². The second kappa shape index (κ2) is 2.99. The molecule has 0 aromatic carbocycles. The van der Waals surface area contributed by atoms with Crippen LogP contribution in [0.2, 0.25) is 0 Å². The van der Waals surface area contributed by atoms with Crippen LogP contribution in [0.5, 0.6) is 0 Å². The Morgan fingerprint density at radius 3 is 2.00 bits per heavy atom. The van der Waals surface area contributed by atoms with Gasteiger partial charge in [-0.3, -0.25) is 0 Å². The maximum atomic E-state index is 7.11. The summed E-state index contributed by atoms with van der Waals surface area (Å²) in [6.07, 6.45) is 0. The number of nitrogens with zero attached hydrogens (tertiary/aromatic N) is 1. The van der Waals surface area contributed by atoms with E-state index in [4.69, 9.17) is 5.84 Å². The van der Waals surface area contributed by atoms with E-state index in [2.05, 4.69) is 0 Å². The molecule has 0 atom stereocenters. The molecule has 1 radical (unpaired) electrons. The first-order valence-corrected chi connectivity index (χ1v) is 2.66. The highest BCUT2D eigenvalue weighted by atomic mass is 15.4. The fraction of sp³-hybridized carbons (Fsp3) is 1.00. The summed E-state index contributed by atoms with van der Waals surface area (Å²) in [5, 5.41) is 1.54. The van der Waals surface area contributed by atoms with E-state index in [1.54, 1.807) is 5.01 Å². The molecule has 0 heterocycles. The van der Waals surface area contributed by atoms with Crippen molar-refractivity contribution in [2.24, 2.45) is 0 Å². The maximum Gasteiger partial charge on any atom is 0.0200 e. The summed E-state index contributed by atoms with van der Waals surface area (Å²) in [5.74, 6) is 7.11. The predicted octanol–water partition coefficient (Wildman–Crippen LogP) is 0.915. The van der Waals surface area contributed by atoms with Crippen LogP contribution in [0, 0.1) is 0 Å². The highest BCUT2D eigenvalue weighted by Gasteiger charge is 1.97. The van der Waals surface area contributed by atoms with Gasteiger partial charge in [-0.1, -0.05) is 6.92 Å². The number of rotatable bonds is 2. The summed E-state index contributed by atoms with van der Waals surface area (Å²) in [6, 6.07) is 0.366. The SMILES string of the molecule is CCN([NH])C(C)C. The van der Waals surface area contributed by atoms with Gasteiger partial charge in [0.1, 0.15) is 0 Å². The molecule has 0 amide bonds. The third-order valence-corrected chi connectivity index (χ3v) is 0.964. The number of nitrogens with one attached hydrogen (secondary N) is 1. The molecule has 2 heteroatoms. The zero-order valence-corrected chi connectivity index (χ0v) is 5.23. The molecule has 0 saturated heterocycles. The van der Waals surface area contributed by atoms with E-state index in [9.17, 15) is 0 Å². The van der Waals surface area contributed by atoms with Crippen LogP contribution in [0.25, 0.3) is 0 Å². The van der Waals surface area contributed by atoms with Crippen molar-refractivity contribution in [3.05, 3.63) is 0 Å². The summed E-state index contributed by atoms with van der Waals surface area (Å²) in [6.45, 7) is 6.82. The van der Waals surface area contributed by atoms with Gasteiger partial charge in [-0.25, -0.2) is 5.01 Å². The average Bonchev–Trinajstić information content (AvgIpc) is 1.65. The lowest BCUT2D eigenvalue weighted by atomic mass is 10.4. The molecule has 0 aliphatic carbocycles.